The number of halogens is 2. The van der Waals surface area contributed by atoms with Crippen molar-refractivity contribution < 1.29 is 5.11 Å². The zero-order chi connectivity index (χ0) is 11.3. The van der Waals surface area contributed by atoms with E-state index in [9.17, 15) is 5.11 Å². The molecule has 1 N–H and O–H groups in total. The molecule has 16 heavy (non-hydrogen) atoms. The highest BCUT2D eigenvalue weighted by molar-refractivity contribution is 9.10. The minimum Gasteiger partial charge on any atom is -0.385 e. The van der Waals surface area contributed by atoms with Gasteiger partial charge in [0.05, 0.1) is 5.60 Å². The van der Waals surface area contributed by atoms with E-state index in [2.05, 4.69) is 15.9 Å². The highest BCUT2D eigenvalue weighted by Gasteiger charge is 2.65. The fraction of sp³-hybridized carbons (Fsp3) is 0.538. The molecule has 0 aromatic heterocycles. The summed E-state index contributed by atoms with van der Waals surface area (Å²) in [5.41, 5.74) is 0.439. The molecule has 0 radical (unpaired) electrons. The summed E-state index contributed by atoms with van der Waals surface area (Å²) in [4.78, 5) is 0. The number of hydrogen-bond donors (Lipinski definition) is 1. The van der Waals surface area contributed by atoms with Gasteiger partial charge in [-0.1, -0.05) is 46.4 Å². The monoisotopic (exact) mass is 300 g/mol. The molecule has 2 saturated carbocycles. The van der Waals surface area contributed by atoms with Crippen LogP contribution in [-0.4, -0.2) is 5.11 Å². The van der Waals surface area contributed by atoms with Crippen LogP contribution in [0.2, 0.25) is 5.02 Å². The van der Waals surface area contributed by atoms with Gasteiger partial charge in [-0.2, -0.15) is 0 Å². The Hall–Kier alpha value is -0.0500. The Morgan fingerprint density at radius 2 is 1.88 bits per heavy atom. The maximum absolute atomic E-state index is 10.8. The van der Waals surface area contributed by atoms with Crippen LogP contribution in [-0.2, 0) is 5.60 Å². The fourth-order valence-corrected chi connectivity index (χ4v) is 4.31. The Labute approximate surface area is 109 Å². The van der Waals surface area contributed by atoms with E-state index in [1.165, 1.54) is 12.8 Å². The lowest BCUT2D eigenvalue weighted by Crippen LogP contribution is -2.11. The van der Waals surface area contributed by atoms with Gasteiger partial charge >= 0.3 is 0 Å². The first-order valence-electron chi connectivity index (χ1n) is 5.82. The van der Waals surface area contributed by atoms with Gasteiger partial charge in [-0.25, -0.2) is 0 Å². The number of aliphatic hydroxyl groups is 1. The zero-order valence-electron chi connectivity index (χ0n) is 8.92. The highest BCUT2D eigenvalue weighted by Crippen LogP contribution is 2.65. The van der Waals surface area contributed by atoms with Gasteiger partial charge < -0.3 is 5.11 Å². The molecular weight excluding hydrogens is 287 g/mol. The lowest BCUT2D eigenvalue weighted by atomic mass is 10.0. The summed E-state index contributed by atoms with van der Waals surface area (Å²) < 4.78 is 0.942. The summed E-state index contributed by atoms with van der Waals surface area (Å²) >= 11 is 9.44. The third kappa shape index (κ3) is 1.47. The van der Waals surface area contributed by atoms with Crippen molar-refractivity contribution in [1.82, 2.24) is 0 Å². The third-order valence-corrected chi connectivity index (χ3v) is 5.04. The van der Waals surface area contributed by atoms with E-state index in [1.807, 2.05) is 18.2 Å². The highest BCUT2D eigenvalue weighted by atomic mass is 79.9. The minimum atomic E-state index is -0.583. The van der Waals surface area contributed by atoms with Crippen LogP contribution in [0.15, 0.2) is 22.7 Å². The maximum atomic E-state index is 10.8. The standard InChI is InChI=1S/C13H14BrClO/c14-12-7-8(15)5-6-11(12)13(16)9-3-1-2-4-10(9)13/h5-7,9-10,16H,1-4H2. The lowest BCUT2D eigenvalue weighted by Gasteiger charge is -2.13. The quantitative estimate of drug-likeness (QED) is 0.827. The lowest BCUT2D eigenvalue weighted by molar-refractivity contribution is 0.117. The van der Waals surface area contributed by atoms with E-state index >= 15 is 0 Å². The van der Waals surface area contributed by atoms with Crippen LogP contribution in [0.4, 0.5) is 0 Å². The van der Waals surface area contributed by atoms with Gasteiger partial charge in [0.15, 0.2) is 0 Å². The Bertz CT molecular complexity index is 420. The van der Waals surface area contributed by atoms with Gasteiger partial charge in [-0.3, -0.25) is 0 Å². The van der Waals surface area contributed by atoms with E-state index in [1.54, 1.807) is 0 Å². The van der Waals surface area contributed by atoms with Crippen molar-refractivity contribution in [3.05, 3.63) is 33.3 Å². The second-order valence-electron chi connectivity index (χ2n) is 4.95. The molecule has 0 saturated heterocycles. The molecule has 0 aliphatic heterocycles. The molecule has 2 atom stereocenters. The fourth-order valence-electron chi connectivity index (χ4n) is 3.31. The zero-order valence-corrected chi connectivity index (χ0v) is 11.3. The van der Waals surface area contributed by atoms with Crippen molar-refractivity contribution in [2.45, 2.75) is 31.3 Å². The Morgan fingerprint density at radius 3 is 2.44 bits per heavy atom. The van der Waals surface area contributed by atoms with E-state index in [0.717, 1.165) is 22.9 Å². The van der Waals surface area contributed by atoms with Gasteiger partial charge in [-0.15, -0.1) is 0 Å². The molecule has 86 valence electrons. The summed E-state index contributed by atoms with van der Waals surface area (Å²) in [6.07, 6.45) is 4.84. The molecule has 0 amide bonds. The molecule has 3 rings (SSSR count). The van der Waals surface area contributed by atoms with Crippen LogP contribution < -0.4 is 0 Å². The largest absolute Gasteiger partial charge is 0.385 e. The molecule has 1 nitrogen and oxygen atoms in total. The van der Waals surface area contributed by atoms with E-state index in [4.69, 9.17) is 11.6 Å². The summed E-state index contributed by atoms with van der Waals surface area (Å²) in [5.74, 6) is 0.942. The SMILES string of the molecule is OC1(c2ccc(Cl)cc2Br)C2CCCCC21. The van der Waals surface area contributed by atoms with Gasteiger partial charge in [0.1, 0.15) is 0 Å². The van der Waals surface area contributed by atoms with E-state index in [0.29, 0.717) is 16.9 Å². The first kappa shape index (κ1) is 11.1. The topological polar surface area (TPSA) is 20.2 Å². The molecule has 3 heteroatoms. The number of hydrogen-bond acceptors (Lipinski definition) is 1. The van der Waals surface area contributed by atoms with Crippen LogP contribution in [0.5, 0.6) is 0 Å². The predicted octanol–water partition coefficient (Wildman–Crippen LogP) is 4.11. The molecule has 2 fully saturated rings. The van der Waals surface area contributed by atoms with Gasteiger partial charge in [0.2, 0.25) is 0 Å². The van der Waals surface area contributed by atoms with Crippen LogP contribution in [0.1, 0.15) is 31.2 Å². The van der Waals surface area contributed by atoms with Crippen molar-refractivity contribution in [1.29, 1.82) is 0 Å². The molecule has 2 aliphatic rings. The Kier molecular flexibility index (Phi) is 2.58. The Morgan fingerprint density at radius 1 is 1.25 bits per heavy atom. The van der Waals surface area contributed by atoms with Crippen molar-refractivity contribution in [2.24, 2.45) is 11.8 Å². The summed E-state index contributed by atoms with van der Waals surface area (Å²) in [6.45, 7) is 0. The average molecular weight is 302 g/mol. The average Bonchev–Trinajstić information content (AvgIpc) is 2.86. The van der Waals surface area contributed by atoms with Gasteiger partial charge in [0.25, 0.3) is 0 Å². The summed E-state index contributed by atoms with van der Waals surface area (Å²) in [5, 5.41) is 11.5. The second kappa shape index (κ2) is 3.72. The maximum Gasteiger partial charge on any atom is 0.0971 e. The number of fused-ring (bicyclic) bond motifs is 1. The molecule has 2 unspecified atom stereocenters. The molecule has 0 spiro atoms. The minimum absolute atomic E-state index is 0.471. The van der Waals surface area contributed by atoms with Crippen LogP contribution in [0, 0.1) is 11.8 Å². The summed E-state index contributed by atoms with van der Waals surface area (Å²) in [6, 6.07) is 5.70. The number of rotatable bonds is 1. The van der Waals surface area contributed by atoms with E-state index in [-0.39, 0.29) is 0 Å². The number of benzene rings is 1. The smallest absolute Gasteiger partial charge is 0.0971 e. The van der Waals surface area contributed by atoms with Crippen molar-refractivity contribution >= 4 is 27.5 Å². The molecular formula is C13H14BrClO. The normalized spacial score (nSPS) is 36.9. The van der Waals surface area contributed by atoms with Crippen molar-refractivity contribution in [3.63, 3.8) is 0 Å². The molecule has 1 aromatic rings. The van der Waals surface area contributed by atoms with Crippen LogP contribution in [0.3, 0.4) is 0 Å². The molecule has 1 aromatic carbocycles. The summed E-state index contributed by atoms with van der Waals surface area (Å²) in [7, 11) is 0. The molecule has 0 bridgehead atoms. The molecule has 2 aliphatic carbocycles. The first-order chi connectivity index (χ1) is 7.64. The van der Waals surface area contributed by atoms with Crippen LogP contribution >= 0.6 is 27.5 Å². The van der Waals surface area contributed by atoms with Crippen LogP contribution in [0.25, 0.3) is 0 Å². The second-order valence-corrected chi connectivity index (χ2v) is 6.24. The van der Waals surface area contributed by atoms with Gasteiger partial charge in [-0.05, 0) is 42.4 Å². The molecule has 0 heterocycles. The first-order valence-corrected chi connectivity index (χ1v) is 6.99. The Balaban J connectivity index is 1.98. The van der Waals surface area contributed by atoms with Crippen molar-refractivity contribution in [2.75, 3.05) is 0 Å². The van der Waals surface area contributed by atoms with E-state index < -0.39 is 5.60 Å². The van der Waals surface area contributed by atoms with Gasteiger partial charge in [0, 0.05) is 9.50 Å². The van der Waals surface area contributed by atoms with Crippen molar-refractivity contribution in [3.8, 4) is 0 Å². The predicted molar refractivity (Wildman–Crippen MR) is 68.5 cm³/mol. The third-order valence-electron chi connectivity index (χ3n) is 4.15.